The molecule has 13 heavy (non-hydrogen) atoms. The first-order chi connectivity index (χ1) is 6.26. The Labute approximate surface area is 85.7 Å². The molecule has 0 aromatic heterocycles. The van der Waals surface area contributed by atoms with E-state index >= 15 is 0 Å². The van der Waals surface area contributed by atoms with Crippen molar-refractivity contribution in [1.82, 2.24) is 0 Å². The maximum absolute atomic E-state index is 11.1. The molecule has 0 aliphatic heterocycles. The molecular weight excluding hydrogens is 238 g/mol. The number of hydrogen-bond donors (Lipinski definition) is 0. The van der Waals surface area contributed by atoms with Crippen LogP contribution in [0.2, 0.25) is 0 Å². The minimum Gasteiger partial charge on any atom is -0.461 e. The SMILES string of the molecule is CCOC(=O)C(/C=C/CBr)=N/OC. The molecule has 0 atom stereocenters. The lowest BCUT2D eigenvalue weighted by Crippen LogP contribution is -2.15. The number of allylic oxidation sites excluding steroid dienone is 1. The van der Waals surface area contributed by atoms with Crippen LogP contribution in [0.15, 0.2) is 17.3 Å². The summed E-state index contributed by atoms with van der Waals surface area (Å²) in [6.07, 6.45) is 3.27. The van der Waals surface area contributed by atoms with Gasteiger partial charge in [0.05, 0.1) is 6.61 Å². The topological polar surface area (TPSA) is 47.9 Å². The van der Waals surface area contributed by atoms with Crippen LogP contribution in [-0.2, 0) is 14.4 Å². The first kappa shape index (κ1) is 12.2. The summed E-state index contributed by atoms with van der Waals surface area (Å²) in [5.74, 6) is -0.485. The molecule has 0 N–H and O–H groups in total. The summed E-state index contributed by atoms with van der Waals surface area (Å²) in [5, 5.41) is 4.16. The summed E-state index contributed by atoms with van der Waals surface area (Å²) >= 11 is 3.18. The molecule has 0 rings (SSSR count). The Bertz CT molecular complexity index is 213. The van der Waals surface area contributed by atoms with E-state index < -0.39 is 5.97 Å². The standard InChI is InChI=1S/C8H12BrNO3/c1-3-13-8(11)7(10-12-2)5-4-6-9/h4-5H,3,6H2,1-2H3/b5-4+,10-7+. The van der Waals surface area contributed by atoms with Gasteiger partial charge in [0.15, 0.2) is 5.71 Å². The van der Waals surface area contributed by atoms with Crippen LogP contribution in [0.5, 0.6) is 0 Å². The van der Waals surface area contributed by atoms with E-state index in [0.717, 1.165) is 0 Å². The third kappa shape index (κ3) is 5.41. The van der Waals surface area contributed by atoms with Crippen molar-refractivity contribution in [2.24, 2.45) is 5.16 Å². The van der Waals surface area contributed by atoms with E-state index in [1.54, 1.807) is 13.0 Å². The van der Waals surface area contributed by atoms with Gasteiger partial charge in [0.1, 0.15) is 7.11 Å². The van der Waals surface area contributed by atoms with E-state index in [9.17, 15) is 4.79 Å². The smallest absolute Gasteiger partial charge is 0.360 e. The zero-order valence-electron chi connectivity index (χ0n) is 7.62. The van der Waals surface area contributed by atoms with Crippen molar-refractivity contribution in [1.29, 1.82) is 0 Å². The fourth-order valence-electron chi connectivity index (χ4n) is 0.595. The highest BCUT2D eigenvalue weighted by atomic mass is 79.9. The minimum atomic E-state index is -0.485. The highest BCUT2D eigenvalue weighted by molar-refractivity contribution is 9.09. The van der Waals surface area contributed by atoms with E-state index in [4.69, 9.17) is 4.74 Å². The molecule has 0 fully saturated rings. The molecule has 0 amide bonds. The van der Waals surface area contributed by atoms with E-state index in [0.29, 0.717) is 11.9 Å². The molecule has 0 bridgehead atoms. The van der Waals surface area contributed by atoms with Crippen molar-refractivity contribution < 1.29 is 14.4 Å². The molecule has 0 spiro atoms. The molecule has 0 unspecified atom stereocenters. The predicted molar refractivity (Wildman–Crippen MR) is 54.0 cm³/mol. The maximum Gasteiger partial charge on any atom is 0.360 e. The van der Waals surface area contributed by atoms with E-state index in [1.807, 2.05) is 0 Å². The number of hydrogen-bond acceptors (Lipinski definition) is 4. The lowest BCUT2D eigenvalue weighted by molar-refractivity contribution is -0.135. The number of oxime groups is 1. The molecule has 0 saturated heterocycles. The summed E-state index contributed by atoms with van der Waals surface area (Å²) in [5.41, 5.74) is 0.156. The summed E-state index contributed by atoms with van der Waals surface area (Å²) < 4.78 is 4.74. The monoisotopic (exact) mass is 249 g/mol. The summed E-state index contributed by atoms with van der Waals surface area (Å²) in [4.78, 5) is 15.6. The van der Waals surface area contributed by atoms with Crippen LogP contribution in [0.4, 0.5) is 0 Å². The van der Waals surface area contributed by atoms with Crippen LogP contribution in [-0.4, -0.2) is 30.7 Å². The lowest BCUT2D eigenvalue weighted by atomic mass is 10.3. The number of carbonyl (C=O) groups is 1. The zero-order valence-corrected chi connectivity index (χ0v) is 9.20. The Hall–Kier alpha value is -0.840. The van der Waals surface area contributed by atoms with Gasteiger partial charge in [-0.1, -0.05) is 27.2 Å². The van der Waals surface area contributed by atoms with E-state index in [2.05, 4.69) is 25.9 Å². The summed E-state index contributed by atoms with van der Waals surface area (Å²) in [6, 6.07) is 0. The molecule has 0 aliphatic carbocycles. The molecule has 74 valence electrons. The van der Waals surface area contributed by atoms with E-state index in [-0.39, 0.29) is 5.71 Å². The third-order valence-corrected chi connectivity index (χ3v) is 1.41. The highest BCUT2D eigenvalue weighted by Crippen LogP contribution is 1.91. The fourth-order valence-corrected chi connectivity index (χ4v) is 0.782. The van der Waals surface area contributed by atoms with Gasteiger partial charge >= 0.3 is 5.97 Å². The van der Waals surface area contributed by atoms with Crippen LogP contribution in [0.25, 0.3) is 0 Å². The van der Waals surface area contributed by atoms with Gasteiger partial charge in [-0.05, 0) is 13.0 Å². The largest absolute Gasteiger partial charge is 0.461 e. The van der Waals surface area contributed by atoms with Crippen LogP contribution in [0.1, 0.15) is 6.92 Å². The van der Waals surface area contributed by atoms with Crippen molar-refractivity contribution in [2.45, 2.75) is 6.92 Å². The van der Waals surface area contributed by atoms with Gasteiger partial charge in [-0.3, -0.25) is 0 Å². The Morgan fingerprint density at radius 3 is 2.77 bits per heavy atom. The van der Waals surface area contributed by atoms with Crippen molar-refractivity contribution in [3.8, 4) is 0 Å². The van der Waals surface area contributed by atoms with Gasteiger partial charge in [-0.25, -0.2) is 4.79 Å². The Morgan fingerprint density at radius 2 is 2.31 bits per heavy atom. The quantitative estimate of drug-likeness (QED) is 0.321. The molecule has 0 aromatic rings. The average molecular weight is 250 g/mol. The summed E-state index contributed by atoms with van der Waals surface area (Å²) in [7, 11) is 1.38. The average Bonchev–Trinajstić information content (AvgIpc) is 2.12. The molecule has 0 heterocycles. The highest BCUT2D eigenvalue weighted by Gasteiger charge is 2.08. The molecule has 4 nitrogen and oxygen atoms in total. The lowest BCUT2D eigenvalue weighted by Gasteiger charge is -1.99. The Kier molecular flexibility index (Phi) is 7.29. The number of esters is 1. The normalized spacial score (nSPS) is 11.8. The van der Waals surface area contributed by atoms with Gasteiger partial charge in [-0.2, -0.15) is 0 Å². The number of alkyl halides is 1. The van der Waals surface area contributed by atoms with Crippen LogP contribution in [0.3, 0.4) is 0 Å². The van der Waals surface area contributed by atoms with Crippen molar-refractivity contribution in [2.75, 3.05) is 19.0 Å². The van der Waals surface area contributed by atoms with Gasteiger partial charge in [0.25, 0.3) is 0 Å². The summed E-state index contributed by atoms with van der Waals surface area (Å²) in [6.45, 7) is 2.06. The zero-order chi connectivity index (χ0) is 10.1. The van der Waals surface area contributed by atoms with Crippen molar-refractivity contribution >= 4 is 27.6 Å². The first-order valence-electron chi connectivity index (χ1n) is 3.77. The second-order valence-electron chi connectivity index (χ2n) is 1.94. The van der Waals surface area contributed by atoms with Crippen LogP contribution >= 0.6 is 15.9 Å². The molecule has 0 aromatic carbocycles. The molecule has 5 heteroatoms. The molecule has 0 aliphatic rings. The minimum absolute atomic E-state index is 0.156. The maximum atomic E-state index is 11.1. The van der Waals surface area contributed by atoms with Crippen molar-refractivity contribution in [3.05, 3.63) is 12.2 Å². The van der Waals surface area contributed by atoms with Gasteiger partial charge in [0, 0.05) is 5.33 Å². The van der Waals surface area contributed by atoms with Crippen molar-refractivity contribution in [3.63, 3.8) is 0 Å². The number of carbonyl (C=O) groups excluding carboxylic acids is 1. The molecule has 0 radical (unpaired) electrons. The van der Waals surface area contributed by atoms with Gasteiger partial charge in [-0.15, -0.1) is 0 Å². The van der Waals surface area contributed by atoms with Crippen LogP contribution < -0.4 is 0 Å². The number of ether oxygens (including phenoxy) is 1. The Balaban J connectivity index is 4.33. The number of rotatable bonds is 5. The van der Waals surface area contributed by atoms with Gasteiger partial charge < -0.3 is 9.57 Å². The van der Waals surface area contributed by atoms with E-state index in [1.165, 1.54) is 13.2 Å². The predicted octanol–water partition coefficient (Wildman–Crippen LogP) is 1.50. The first-order valence-corrected chi connectivity index (χ1v) is 4.89. The second-order valence-corrected chi connectivity index (χ2v) is 2.58. The molecular formula is C8H12BrNO3. The van der Waals surface area contributed by atoms with Crippen LogP contribution in [0, 0.1) is 0 Å². The third-order valence-electron chi connectivity index (χ3n) is 1.04. The Morgan fingerprint density at radius 1 is 1.62 bits per heavy atom. The van der Waals surface area contributed by atoms with Gasteiger partial charge in [0.2, 0.25) is 0 Å². The molecule has 0 saturated carbocycles. The fraction of sp³-hybridized carbons (Fsp3) is 0.500. The number of nitrogens with zero attached hydrogens (tertiary/aromatic N) is 1. The number of halogens is 1. The second kappa shape index (κ2) is 7.79.